The highest BCUT2D eigenvalue weighted by atomic mass is 16.6. The zero-order chi connectivity index (χ0) is 12.6. The Morgan fingerprint density at radius 2 is 2.00 bits per heavy atom. The number of rotatable bonds is 2. The molecular formula is C11H21NO4. The summed E-state index contributed by atoms with van der Waals surface area (Å²) in [5.74, 6) is 0.688. The Morgan fingerprint density at radius 1 is 1.50 bits per heavy atom. The van der Waals surface area contributed by atoms with E-state index in [1.807, 2.05) is 20.8 Å². The van der Waals surface area contributed by atoms with Gasteiger partial charge in [0.05, 0.1) is 0 Å². The average molecular weight is 231 g/mol. The third-order valence-corrected chi connectivity index (χ3v) is 2.16. The molecule has 5 nitrogen and oxygen atoms in total. The van der Waals surface area contributed by atoms with Gasteiger partial charge in [0.1, 0.15) is 5.60 Å². The van der Waals surface area contributed by atoms with Crippen LogP contribution >= 0.6 is 0 Å². The van der Waals surface area contributed by atoms with Gasteiger partial charge in [-0.3, -0.25) is 4.79 Å². The van der Waals surface area contributed by atoms with Gasteiger partial charge in [-0.25, -0.2) is 4.79 Å². The van der Waals surface area contributed by atoms with Crippen molar-refractivity contribution in [3.63, 3.8) is 0 Å². The second-order valence-corrected chi connectivity index (χ2v) is 4.79. The number of nitrogens with one attached hydrogen (secondary N) is 1. The summed E-state index contributed by atoms with van der Waals surface area (Å²) in [6, 6.07) is 0. The predicted octanol–water partition coefficient (Wildman–Crippen LogP) is 2.01. The molecule has 1 amide bonds. The lowest BCUT2D eigenvalue weighted by atomic mass is 9.85. The first-order chi connectivity index (χ1) is 7.39. The van der Waals surface area contributed by atoms with Crippen LogP contribution < -0.4 is 5.32 Å². The third kappa shape index (κ3) is 8.08. The maximum Gasteiger partial charge on any atom is 0.407 e. The van der Waals surface area contributed by atoms with Gasteiger partial charge in [-0.1, -0.05) is 6.42 Å². The molecule has 0 aromatic carbocycles. The van der Waals surface area contributed by atoms with Crippen molar-refractivity contribution in [2.45, 2.75) is 45.6 Å². The van der Waals surface area contributed by atoms with Gasteiger partial charge in [-0.15, -0.1) is 0 Å². The van der Waals surface area contributed by atoms with E-state index in [9.17, 15) is 4.79 Å². The lowest BCUT2D eigenvalue weighted by Crippen LogP contribution is -2.36. The first-order valence-electron chi connectivity index (χ1n) is 5.43. The Bertz CT molecular complexity index is 219. The highest BCUT2D eigenvalue weighted by Gasteiger charge is 2.20. The Hall–Kier alpha value is -1.26. The standard InChI is InChI=1S/C10H19NO2.CH2O2/c1-10(2,3)13-9(12)11-7-8-5-4-6-8;2-1-3/h8H,4-7H2,1-3H3,(H,11,12);1H,(H,2,3). The monoisotopic (exact) mass is 231 g/mol. The number of amides is 1. The van der Waals surface area contributed by atoms with Crippen molar-refractivity contribution in [2.24, 2.45) is 5.92 Å². The van der Waals surface area contributed by atoms with Gasteiger partial charge in [0, 0.05) is 6.54 Å². The van der Waals surface area contributed by atoms with Crippen LogP contribution in [0.5, 0.6) is 0 Å². The van der Waals surface area contributed by atoms with Gasteiger partial charge in [-0.05, 0) is 39.5 Å². The molecule has 0 bridgehead atoms. The van der Waals surface area contributed by atoms with E-state index in [1.54, 1.807) is 0 Å². The largest absolute Gasteiger partial charge is 0.483 e. The Morgan fingerprint density at radius 3 is 2.31 bits per heavy atom. The molecule has 0 aliphatic heterocycles. The molecule has 0 radical (unpaired) electrons. The molecule has 1 fully saturated rings. The van der Waals surface area contributed by atoms with Gasteiger partial charge in [0.15, 0.2) is 0 Å². The lowest BCUT2D eigenvalue weighted by Gasteiger charge is -2.26. The fourth-order valence-corrected chi connectivity index (χ4v) is 1.24. The van der Waals surface area contributed by atoms with Crippen molar-refractivity contribution >= 4 is 12.6 Å². The molecule has 1 rings (SSSR count). The van der Waals surface area contributed by atoms with Crippen LogP contribution in [0.4, 0.5) is 4.79 Å². The van der Waals surface area contributed by atoms with Crippen molar-refractivity contribution in [3.05, 3.63) is 0 Å². The molecule has 1 saturated carbocycles. The molecule has 0 spiro atoms. The van der Waals surface area contributed by atoms with E-state index in [1.165, 1.54) is 19.3 Å². The normalized spacial score (nSPS) is 15.2. The lowest BCUT2D eigenvalue weighted by molar-refractivity contribution is -0.122. The number of carbonyl (C=O) groups excluding carboxylic acids is 1. The number of ether oxygens (including phenoxy) is 1. The maximum atomic E-state index is 11.2. The number of hydrogen-bond acceptors (Lipinski definition) is 3. The second-order valence-electron chi connectivity index (χ2n) is 4.79. The second kappa shape index (κ2) is 7.09. The van der Waals surface area contributed by atoms with Crippen molar-refractivity contribution in [1.82, 2.24) is 5.32 Å². The van der Waals surface area contributed by atoms with E-state index in [0.717, 1.165) is 6.54 Å². The van der Waals surface area contributed by atoms with Crippen LogP contribution in [-0.4, -0.2) is 29.8 Å². The summed E-state index contributed by atoms with van der Waals surface area (Å²) in [5.41, 5.74) is -0.385. The number of carbonyl (C=O) groups is 2. The summed E-state index contributed by atoms with van der Waals surface area (Å²) < 4.78 is 5.11. The van der Waals surface area contributed by atoms with Crippen LogP contribution in [0, 0.1) is 5.92 Å². The van der Waals surface area contributed by atoms with Crippen LogP contribution in [0.1, 0.15) is 40.0 Å². The summed E-state index contributed by atoms with van der Waals surface area (Å²) in [4.78, 5) is 19.5. The smallest absolute Gasteiger partial charge is 0.407 e. The van der Waals surface area contributed by atoms with Crippen LogP contribution in [0.2, 0.25) is 0 Å². The predicted molar refractivity (Wildman–Crippen MR) is 60.3 cm³/mol. The molecule has 16 heavy (non-hydrogen) atoms. The summed E-state index contributed by atoms with van der Waals surface area (Å²) in [7, 11) is 0. The zero-order valence-electron chi connectivity index (χ0n) is 10.2. The molecule has 0 heterocycles. The molecule has 0 saturated heterocycles. The third-order valence-electron chi connectivity index (χ3n) is 2.16. The van der Waals surface area contributed by atoms with E-state index in [0.29, 0.717) is 5.92 Å². The topological polar surface area (TPSA) is 75.6 Å². The van der Waals surface area contributed by atoms with Gasteiger partial charge in [0.25, 0.3) is 6.47 Å². The molecule has 5 heteroatoms. The summed E-state index contributed by atoms with van der Waals surface area (Å²) in [6.07, 6.45) is 3.51. The minimum absolute atomic E-state index is 0.250. The van der Waals surface area contributed by atoms with Gasteiger partial charge in [0.2, 0.25) is 0 Å². The van der Waals surface area contributed by atoms with E-state index in [2.05, 4.69) is 5.32 Å². The van der Waals surface area contributed by atoms with Gasteiger partial charge >= 0.3 is 6.09 Å². The Balaban J connectivity index is 0.000000673. The van der Waals surface area contributed by atoms with E-state index < -0.39 is 0 Å². The molecular weight excluding hydrogens is 210 g/mol. The highest BCUT2D eigenvalue weighted by molar-refractivity contribution is 5.67. The van der Waals surface area contributed by atoms with Crippen LogP contribution in [0.25, 0.3) is 0 Å². The van der Waals surface area contributed by atoms with E-state index >= 15 is 0 Å². The fourth-order valence-electron chi connectivity index (χ4n) is 1.24. The van der Waals surface area contributed by atoms with Gasteiger partial charge < -0.3 is 15.2 Å². The first kappa shape index (κ1) is 14.7. The average Bonchev–Trinajstić information content (AvgIpc) is 1.98. The molecule has 0 aromatic heterocycles. The van der Waals surface area contributed by atoms with Crippen molar-refractivity contribution in [2.75, 3.05) is 6.54 Å². The Kier molecular flexibility index (Phi) is 6.53. The van der Waals surface area contributed by atoms with Crippen LogP contribution in [0.3, 0.4) is 0 Å². The highest BCUT2D eigenvalue weighted by Crippen LogP contribution is 2.25. The summed E-state index contributed by atoms with van der Waals surface area (Å²) >= 11 is 0. The molecule has 1 aliphatic carbocycles. The maximum absolute atomic E-state index is 11.2. The Labute approximate surface area is 96.2 Å². The van der Waals surface area contributed by atoms with E-state index in [4.69, 9.17) is 14.6 Å². The molecule has 1 aliphatic rings. The molecule has 0 atom stereocenters. The van der Waals surface area contributed by atoms with Crippen molar-refractivity contribution in [3.8, 4) is 0 Å². The summed E-state index contributed by atoms with van der Waals surface area (Å²) in [6.45, 7) is 6.14. The summed E-state index contributed by atoms with van der Waals surface area (Å²) in [5, 5.41) is 9.67. The van der Waals surface area contributed by atoms with Crippen LogP contribution in [-0.2, 0) is 9.53 Å². The minimum atomic E-state index is -0.385. The number of alkyl carbamates (subject to hydrolysis) is 1. The van der Waals surface area contributed by atoms with Crippen LogP contribution in [0.15, 0.2) is 0 Å². The fraction of sp³-hybridized carbons (Fsp3) is 0.818. The van der Waals surface area contributed by atoms with Crippen molar-refractivity contribution in [1.29, 1.82) is 0 Å². The molecule has 0 unspecified atom stereocenters. The van der Waals surface area contributed by atoms with Gasteiger partial charge in [-0.2, -0.15) is 0 Å². The zero-order valence-corrected chi connectivity index (χ0v) is 10.2. The number of carboxylic acid groups (broad SMARTS) is 1. The molecule has 0 aromatic rings. The minimum Gasteiger partial charge on any atom is -0.483 e. The SMILES string of the molecule is CC(C)(C)OC(=O)NCC1CCC1.O=CO. The quantitative estimate of drug-likeness (QED) is 0.713. The number of hydrogen-bond donors (Lipinski definition) is 2. The van der Waals surface area contributed by atoms with Crippen molar-refractivity contribution < 1.29 is 19.4 Å². The molecule has 94 valence electrons. The first-order valence-corrected chi connectivity index (χ1v) is 5.43. The molecule has 2 N–H and O–H groups in total. The van der Waals surface area contributed by atoms with E-state index in [-0.39, 0.29) is 18.2 Å².